The standard InChI is InChI=1S/C18H13ClFNO3S2/c1-2-24-15-7-10(3-6-14(15)22)8-16-17(23)21(18(25)26-16)11-4-5-13(20)12(19)9-11/h3-9,22H,2H2,1H3. The maximum absolute atomic E-state index is 13.4. The van der Waals surface area contributed by atoms with E-state index in [4.69, 9.17) is 28.6 Å². The Kier molecular flexibility index (Phi) is 5.50. The predicted molar refractivity (Wildman–Crippen MR) is 106 cm³/mol. The predicted octanol–water partition coefficient (Wildman–Crippen LogP) is 4.99. The van der Waals surface area contributed by atoms with Crippen LogP contribution in [0.1, 0.15) is 12.5 Å². The average molecular weight is 410 g/mol. The highest BCUT2D eigenvalue weighted by atomic mass is 35.5. The number of phenols is 1. The van der Waals surface area contributed by atoms with Crippen LogP contribution in [0.25, 0.3) is 6.08 Å². The third-order valence-corrected chi connectivity index (χ3v) is 5.13. The summed E-state index contributed by atoms with van der Waals surface area (Å²) in [6.07, 6.45) is 1.66. The highest BCUT2D eigenvalue weighted by Crippen LogP contribution is 2.38. The number of halogens is 2. The molecule has 26 heavy (non-hydrogen) atoms. The van der Waals surface area contributed by atoms with E-state index in [0.29, 0.717) is 32.8 Å². The molecule has 0 saturated carbocycles. The van der Waals surface area contributed by atoms with Crippen molar-refractivity contribution < 1.29 is 19.0 Å². The number of aromatic hydroxyl groups is 1. The number of benzene rings is 2. The zero-order valence-corrected chi connectivity index (χ0v) is 15.9. The van der Waals surface area contributed by atoms with Gasteiger partial charge >= 0.3 is 0 Å². The number of carbonyl (C=O) groups excluding carboxylic acids is 1. The van der Waals surface area contributed by atoms with Gasteiger partial charge in [0.05, 0.1) is 22.2 Å². The first kappa shape index (κ1) is 18.7. The van der Waals surface area contributed by atoms with Crippen LogP contribution < -0.4 is 9.64 Å². The van der Waals surface area contributed by atoms with Gasteiger partial charge in [0, 0.05) is 0 Å². The van der Waals surface area contributed by atoms with Gasteiger partial charge in [-0.2, -0.15) is 0 Å². The lowest BCUT2D eigenvalue weighted by Crippen LogP contribution is -2.27. The SMILES string of the molecule is CCOc1cc(C=C2SC(=S)N(c3ccc(F)c(Cl)c3)C2=O)ccc1O. The maximum Gasteiger partial charge on any atom is 0.270 e. The lowest BCUT2D eigenvalue weighted by atomic mass is 10.2. The molecule has 134 valence electrons. The van der Waals surface area contributed by atoms with E-state index in [2.05, 4.69) is 0 Å². The molecule has 4 nitrogen and oxygen atoms in total. The number of anilines is 1. The number of ether oxygens (including phenoxy) is 1. The number of phenolic OH excluding ortho intramolecular Hbond substituents is 1. The molecular weight excluding hydrogens is 397 g/mol. The third-order valence-electron chi connectivity index (χ3n) is 3.54. The molecule has 1 aliphatic heterocycles. The van der Waals surface area contributed by atoms with Crippen molar-refractivity contribution in [2.45, 2.75) is 6.92 Å². The van der Waals surface area contributed by atoms with Crippen LogP contribution in [0.2, 0.25) is 5.02 Å². The second kappa shape index (κ2) is 7.65. The molecule has 1 saturated heterocycles. The molecule has 0 atom stereocenters. The van der Waals surface area contributed by atoms with Crippen LogP contribution in [0.5, 0.6) is 11.5 Å². The van der Waals surface area contributed by atoms with Gasteiger partial charge in [-0.3, -0.25) is 9.69 Å². The lowest BCUT2D eigenvalue weighted by Gasteiger charge is -2.14. The number of thiocarbonyl (C=S) groups is 1. The fraction of sp³-hybridized carbons (Fsp3) is 0.111. The van der Waals surface area contributed by atoms with Crippen molar-refractivity contribution in [1.29, 1.82) is 0 Å². The van der Waals surface area contributed by atoms with Gasteiger partial charge in [0.2, 0.25) is 0 Å². The number of thioether (sulfide) groups is 1. The van der Waals surface area contributed by atoms with Crippen molar-refractivity contribution in [3.63, 3.8) is 0 Å². The number of amides is 1. The van der Waals surface area contributed by atoms with Crippen molar-refractivity contribution in [3.8, 4) is 11.5 Å². The van der Waals surface area contributed by atoms with E-state index < -0.39 is 5.82 Å². The summed E-state index contributed by atoms with van der Waals surface area (Å²) in [5.74, 6) is -0.530. The Labute approximate surface area is 164 Å². The van der Waals surface area contributed by atoms with Gasteiger partial charge in [-0.1, -0.05) is 41.6 Å². The van der Waals surface area contributed by atoms with Crippen LogP contribution in [-0.2, 0) is 4.79 Å². The topological polar surface area (TPSA) is 49.8 Å². The molecule has 0 aliphatic carbocycles. The van der Waals surface area contributed by atoms with Gasteiger partial charge < -0.3 is 9.84 Å². The summed E-state index contributed by atoms with van der Waals surface area (Å²) in [4.78, 5) is 14.4. The van der Waals surface area contributed by atoms with Crippen LogP contribution in [0.4, 0.5) is 10.1 Å². The van der Waals surface area contributed by atoms with E-state index in [9.17, 15) is 14.3 Å². The number of hydrogen-bond donors (Lipinski definition) is 1. The molecular formula is C18H13ClFNO3S2. The number of rotatable bonds is 4. The van der Waals surface area contributed by atoms with E-state index in [1.165, 1.54) is 29.2 Å². The van der Waals surface area contributed by atoms with E-state index in [1.807, 2.05) is 6.92 Å². The minimum atomic E-state index is -0.566. The summed E-state index contributed by atoms with van der Waals surface area (Å²) in [7, 11) is 0. The van der Waals surface area contributed by atoms with Crippen molar-refractivity contribution in [3.05, 3.63) is 57.7 Å². The molecule has 2 aromatic carbocycles. The van der Waals surface area contributed by atoms with Gasteiger partial charge in [0.15, 0.2) is 15.8 Å². The molecule has 3 rings (SSSR count). The number of hydrogen-bond acceptors (Lipinski definition) is 5. The molecule has 8 heteroatoms. The molecule has 1 N–H and O–H groups in total. The van der Waals surface area contributed by atoms with Crippen molar-refractivity contribution in [2.75, 3.05) is 11.5 Å². The summed E-state index contributed by atoms with van der Waals surface area (Å²) < 4.78 is 19.0. The molecule has 0 unspecified atom stereocenters. The average Bonchev–Trinajstić information content (AvgIpc) is 2.87. The molecule has 0 bridgehead atoms. The summed E-state index contributed by atoms with van der Waals surface area (Å²) in [6.45, 7) is 2.22. The quantitative estimate of drug-likeness (QED) is 0.569. The van der Waals surface area contributed by atoms with E-state index in [-0.39, 0.29) is 16.7 Å². The van der Waals surface area contributed by atoms with Gasteiger partial charge in [0.1, 0.15) is 5.82 Å². The molecule has 2 aromatic rings. The van der Waals surface area contributed by atoms with Gasteiger partial charge in [-0.25, -0.2) is 4.39 Å². The third kappa shape index (κ3) is 3.70. The molecule has 0 radical (unpaired) electrons. The Morgan fingerprint density at radius 2 is 2.12 bits per heavy atom. The Bertz CT molecular complexity index is 933. The van der Waals surface area contributed by atoms with Crippen molar-refractivity contribution in [1.82, 2.24) is 0 Å². The van der Waals surface area contributed by atoms with E-state index >= 15 is 0 Å². The van der Waals surface area contributed by atoms with Crippen LogP contribution >= 0.6 is 35.6 Å². The van der Waals surface area contributed by atoms with Gasteiger partial charge in [0.25, 0.3) is 5.91 Å². The summed E-state index contributed by atoms with van der Waals surface area (Å²) in [6, 6.07) is 8.80. The minimum Gasteiger partial charge on any atom is -0.504 e. The smallest absolute Gasteiger partial charge is 0.270 e. The highest BCUT2D eigenvalue weighted by Gasteiger charge is 2.33. The molecule has 1 heterocycles. The first-order chi connectivity index (χ1) is 12.4. The van der Waals surface area contributed by atoms with Crippen molar-refractivity contribution in [2.24, 2.45) is 0 Å². The van der Waals surface area contributed by atoms with E-state index in [1.54, 1.807) is 18.2 Å². The number of carbonyl (C=O) groups is 1. The normalized spacial score (nSPS) is 15.8. The first-order valence-electron chi connectivity index (χ1n) is 7.59. The van der Waals surface area contributed by atoms with Crippen LogP contribution in [0, 0.1) is 5.82 Å². The van der Waals surface area contributed by atoms with Gasteiger partial charge in [-0.05, 0) is 48.9 Å². The Balaban J connectivity index is 1.92. The summed E-state index contributed by atoms with van der Waals surface area (Å²) in [5.41, 5.74) is 1.09. The van der Waals surface area contributed by atoms with Crippen LogP contribution in [0.15, 0.2) is 41.3 Å². The Morgan fingerprint density at radius 1 is 1.35 bits per heavy atom. The zero-order chi connectivity index (χ0) is 18.8. The fourth-order valence-electron chi connectivity index (χ4n) is 2.36. The van der Waals surface area contributed by atoms with Crippen molar-refractivity contribution >= 4 is 57.6 Å². The summed E-state index contributed by atoms with van der Waals surface area (Å²) >= 11 is 12.2. The maximum atomic E-state index is 13.4. The van der Waals surface area contributed by atoms with Crippen LogP contribution in [0.3, 0.4) is 0 Å². The molecule has 1 amide bonds. The second-order valence-electron chi connectivity index (χ2n) is 5.28. The van der Waals surface area contributed by atoms with E-state index in [0.717, 1.165) is 11.8 Å². The minimum absolute atomic E-state index is 0.0255. The molecule has 0 aromatic heterocycles. The largest absolute Gasteiger partial charge is 0.504 e. The summed E-state index contributed by atoms with van der Waals surface area (Å²) in [5, 5.41) is 9.69. The first-order valence-corrected chi connectivity index (χ1v) is 9.19. The zero-order valence-electron chi connectivity index (χ0n) is 13.5. The Hall–Kier alpha value is -2.09. The molecule has 0 spiro atoms. The second-order valence-corrected chi connectivity index (χ2v) is 7.36. The van der Waals surface area contributed by atoms with Crippen LogP contribution in [-0.4, -0.2) is 21.9 Å². The Morgan fingerprint density at radius 3 is 2.81 bits per heavy atom. The highest BCUT2D eigenvalue weighted by molar-refractivity contribution is 8.27. The number of nitrogens with zero attached hydrogens (tertiary/aromatic N) is 1. The van der Waals surface area contributed by atoms with Gasteiger partial charge in [-0.15, -0.1) is 0 Å². The monoisotopic (exact) mass is 409 g/mol. The fourth-order valence-corrected chi connectivity index (χ4v) is 3.83. The molecule has 1 fully saturated rings. The molecule has 1 aliphatic rings. The lowest BCUT2D eigenvalue weighted by molar-refractivity contribution is -0.113.